The number of H-pyrrole nitrogens is 1. The fourth-order valence-corrected chi connectivity index (χ4v) is 9.55. The summed E-state index contributed by atoms with van der Waals surface area (Å²) in [6.07, 6.45) is -1.14. The van der Waals surface area contributed by atoms with Crippen molar-refractivity contribution in [2.75, 3.05) is 77.0 Å². The van der Waals surface area contributed by atoms with Gasteiger partial charge in [-0.05, 0) is 55.5 Å². The lowest BCUT2D eigenvalue weighted by molar-refractivity contribution is -0.274. The first-order chi connectivity index (χ1) is 33.5. The summed E-state index contributed by atoms with van der Waals surface area (Å²) in [5.74, 6) is -2.11. The molecule has 0 radical (unpaired) electrons. The molecule has 6 heterocycles. The Morgan fingerprint density at radius 2 is 1.70 bits per heavy atom. The fraction of sp³-hybridized carbons (Fsp3) is 0.479. The van der Waals surface area contributed by atoms with Crippen LogP contribution in [-0.4, -0.2) is 156 Å². The number of halogens is 3. The van der Waals surface area contributed by atoms with Crippen LogP contribution in [0.4, 0.5) is 29.5 Å². The number of likely N-dealkylation sites (tertiary alicyclic amines) is 2. The highest BCUT2D eigenvalue weighted by atomic mass is 19.4. The van der Waals surface area contributed by atoms with E-state index in [9.17, 15) is 37.1 Å². The van der Waals surface area contributed by atoms with Gasteiger partial charge in [-0.3, -0.25) is 19.2 Å². The molecule has 4 fully saturated rings. The highest BCUT2D eigenvalue weighted by molar-refractivity contribution is 6.04. The SMILES string of the molecule is COCC(=O)N1CCCC1C(=O)N1CCN(c2ccc(C(=O)Nc3ccc(-c4ccc(-c5c[nH]c([C@@H]6CC7(CN6C(=O)[C@@H](NC(=O)OC)C(C)C)OCCO7)n5)cc4)c(OC(F)(F)F)c3)cn2)[C@H](C)C1. The van der Waals surface area contributed by atoms with Gasteiger partial charge in [0.2, 0.25) is 17.7 Å². The van der Waals surface area contributed by atoms with Gasteiger partial charge in [-0.2, -0.15) is 0 Å². The van der Waals surface area contributed by atoms with Gasteiger partial charge in [-0.1, -0.05) is 38.1 Å². The Morgan fingerprint density at radius 1 is 0.957 bits per heavy atom. The van der Waals surface area contributed by atoms with E-state index in [-0.39, 0.29) is 66.1 Å². The van der Waals surface area contributed by atoms with E-state index >= 15 is 0 Å². The number of carbonyl (C=O) groups excluding carboxylic acids is 5. The Labute approximate surface area is 401 Å². The number of hydrogen-bond acceptors (Lipinski definition) is 13. The number of alkyl carbamates (subject to hydrolysis) is 1. The molecule has 4 atom stereocenters. The average molecular weight is 976 g/mol. The minimum atomic E-state index is -5.05. The Bertz CT molecular complexity index is 2550. The maximum Gasteiger partial charge on any atom is 0.573 e. The number of aromatic nitrogens is 3. The molecule has 19 nitrogen and oxygen atoms in total. The zero-order valence-electron chi connectivity index (χ0n) is 39.4. The molecule has 374 valence electrons. The molecule has 1 spiro atoms. The first-order valence-corrected chi connectivity index (χ1v) is 23.1. The summed E-state index contributed by atoms with van der Waals surface area (Å²) in [6.45, 7) is 8.13. The summed E-state index contributed by atoms with van der Waals surface area (Å²) < 4.78 is 67.7. The number of benzene rings is 2. The number of alkyl halides is 3. The predicted octanol–water partition coefficient (Wildman–Crippen LogP) is 5.36. The number of aromatic amines is 1. The summed E-state index contributed by atoms with van der Waals surface area (Å²) in [5.41, 5.74) is 1.82. The van der Waals surface area contributed by atoms with Crippen LogP contribution in [-0.2, 0) is 33.3 Å². The van der Waals surface area contributed by atoms with Gasteiger partial charge in [-0.25, -0.2) is 14.8 Å². The second-order valence-corrected chi connectivity index (χ2v) is 18.0. The van der Waals surface area contributed by atoms with Crippen molar-refractivity contribution in [2.45, 2.75) is 76.4 Å². The molecule has 4 aromatic rings. The van der Waals surface area contributed by atoms with E-state index in [0.29, 0.717) is 74.3 Å². The molecule has 70 heavy (non-hydrogen) atoms. The van der Waals surface area contributed by atoms with E-state index in [1.165, 1.54) is 32.5 Å². The molecule has 3 N–H and O–H groups in total. The Balaban J connectivity index is 0.928. The molecule has 4 aliphatic heterocycles. The summed E-state index contributed by atoms with van der Waals surface area (Å²) in [7, 11) is 2.66. The van der Waals surface area contributed by atoms with E-state index < -0.39 is 48.0 Å². The number of ether oxygens (including phenoxy) is 5. The van der Waals surface area contributed by atoms with Crippen molar-refractivity contribution in [3.8, 4) is 28.1 Å². The van der Waals surface area contributed by atoms with Crippen molar-refractivity contribution < 1.29 is 60.8 Å². The quantitative estimate of drug-likeness (QED) is 0.154. The number of amides is 5. The zero-order valence-corrected chi connectivity index (χ0v) is 39.4. The predicted molar refractivity (Wildman–Crippen MR) is 246 cm³/mol. The minimum Gasteiger partial charge on any atom is -0.453 e. The summed E-state index contributed by atoms with van der Waals surface area (Å²) >= 11 is 0. The molecule has 4 saturated heterocycles. The number of anilines is 2. The first kappa shape index (κ1) is 49.6. The average Bonchev–Trinajstić information content (AvgIpc) is 4.18. The number of nitrogens with one attached hydrogen (secondary N) is 3. The fourth-order valence-electron chi connectivity index (χ4n) is 9.55. The summed E-state index contributed by atoms with van der Waals surface area (Å²) in [5, 5.41) is 5.27. The number of piperazine rings is 1. The molecule has 2 aromatic heterocycles. The number of imidazole rings is 1. The number of hydrogen-bond donors (Lipinski definition) is 3. The van der Waals surface area contributed by atoms with E-state index in [0.717, 1.165) is 12.5 Å². The van der Waals surface area contributed by atoms with Crippen molar-refractivity contribution in [1.29, 1.82) is 0 Å². The molecular weight excluding hydrogens is 920 g/mol. The lowest BCUT2D eigenvalue weighted by atomic mass is 10.0. The standard InChI is InChI=1S/C48H56F3N9O10/c1-28(2)41(56-46(65)67-5)45(64)60-27-47(68-19-20-69-47)22-37(60)42-53-24-35(55-42)31-10-8-30(9-11-31)34-14-13-33(21-38(34)70-48(49,50)51)54-43(62)32-12-15-39(52-23-32)58-18-17-57(25-29(58)3)44(63)36-7-6-16-59(36)40(61)26-66-4/h8-15,21,23-24,28-29,36-37,41H,6-7,16-20,22,25-27H2,1-5H3,(H,53,55)(H,54,62)(H,56,65)/t29-,36?,37+,41+/m1/s1. The van der Waals surface area contributed by atoms with Crippen LogP contribution in [0.5, 0.6) is 5.75 Å². The van der Waals surface area contributed by atoms with E-state index in [2.05, 4.69) is 25.3 Å². The first-order valence-electron chi connectivity index (χ1n) is 23.1. The molecule has 0 bridgehead atoms. The van der Waals surface area contributed by atoms with Crippen LogP contribution >= 0.6 is 0 Å². The molecule has 2 aromatic carbocycles. The summed E-state index contributed by atoms with van der Waals surface area (Å²) in [6, 6.07) is 11.7. The van der Waals surface area contributed by atoms with E-state index in [4.69, 9.17) is 23.9 Å². The molecular formula is C48H56F3N9O10. The van der Waals surface area contributed by atoms with Crippen molar-refractivity contribution in [3.63, 3.8) is 0 Å². The third kappa shape index (κ3) is 10.8. The second-order valence-electron chi connectivity index (χ2n) is 18.0. The number of pyridine rings is 1. The molecule has 5 amide bonds. The Morgan fingerprint density at radius 3 is 2.36 bits per heavy atom. The third-order valence-corrected chi connectivity index (χ3v) is 13.0. The molecule has 4 aliphatic rings. The van der Waals surface area contributed by atoms with Crippen LogP contribution in [0.25, 0.3) is 22.4 Å². The largest absolute Gasteiger partial charge is 0.573 e. The normalized spacial score (nSPS) is 20.5. The monoisotopic (exact) mass is 975 g/mol. The van der Waals surface area contributed by atoms with Crippen molar-refractivity contribution >= 4 is 41.2 Å². The molecule has 22 heteroatoms. The minimum absolute atomic E-state index is 0.0484. The number of methoxy groups -OCH3 is 2. The summed E-state index contributed by atoms with van der Waals surface area (Å²) in [4.78, 5) is 85.0. The topological polar surface area (TPSA) is 210 Å². The zero-order chi connectivity index (χ0) is 49.9. The molecule has 0 aliphatic carbocycles. The van der Waals surface area contributed by atoms with Crippen LogP contribution in [0.15, 0.2) is 67.0 Å². The Hall–Kier alpha value is -6.78. The van der Waals surface area contributed by atoms with Crippen molar-refractivity contribution in [1.82, 2.24) is 35.0 Å². The number of carbonyl (C=O) groups is 5. The third-order valence-electron chi connectivity index (χ3n) is 13.0. The number of rotatable bonds is 13. The number of nitrogens with zero attached hydrogens (tertiary/aromatic N) is 6. The van der Waals surface area contributed by atoms with Crippen LogP contribution < -0.4 is 20.3 Å². The molecule has 1 unspecified atom stereocenters. The van der Waals surface area contributed by atoms with Gasteiger partial charge < -0.3 is 58.9 Å². The van der Waals surface area contributed by atoms with Gasteiger partial charge in [-0.15, -0.1) is 13.2 Å². The maximum atomic E-state index is 14.0. The van der Waals surface area contributed by atoms with Crippen LogP contribution in [0.2, 0.25) is 0 Å². The Kier molecular flexibility index (Phi) is 14.7. The van der Waals surface area contributed by atoms with Crippen molar-refractivity contribution in [2.24, 2.45) is 5.92 Å². The van der Waals surface area contributed by atoms with Gasteiger partial charge in [0, 0.05) is 81.0 Å². The maximum absolute atomic E-state index is 14.0. The second kappa shape index (κ2) is 20.7. The van der Waals surface area contributed by atoms with E-state index in [1.807, 2.05) is 11.8 Å². The highest BCUT2D eigenvalue weighted by Gasteiger charge is 2.53. The van der Waals surface area contributed by atoms with Gasteiger partial charge >= 0.3 is 12.5 Å². The van der Waals surface area contributed by atoms with Crippen LogP contribution in [0, 0.1) is 5.92 Å². The van der Waals surface area contributed by atoms with Gasteiger partial charge in [0.25, 0.3) is 5.91 Å². The van der Waals surface area contributed by atoms with Gasteiger partial charge in [0.05, 0.1) is 44.2 Å². The highest BCUT2D eigenvalue weighted by Crippen LogP contribution is 2.43. The van der Waals surface area contributed by atoms with Gasteiger partial charge in [0.15, 0.2) is 5.79 Å². The van der Waals surface area contributed by atoms with Crippen LogP contribution in [0.3, 0.4) is 0 Å². The van der Waals surface area contributed by atoms with Crippen LogP contribution in [0.1, 0.15) is 62.3 Å². The molecule has 8 rings (SSSR count). The lowest BCUT2D eigenvalue weighted by Crippen LogP contribution is -2.58. The molecule has 0 saturated carbocycles. The smallest absolute Gasteiger partial charge is 0.453 e. The van der Waals surface area contributed by atoms with E-state index in [1.54, 1.807) is 71.1 Å². The van der Waals surface area contributed by atoms with Crippen molar-refractivity contribution in [3.05, 3.63) is 78.4 Å². The van der Waals surface area contributed by atoms with Gasteiger partial charge in [0.1, 0.15) is 36.1 Å². The lowest BCUT2D eigenvalue weighted by Gasteiger charge is -2.42.